The van der Waals surface area contributed by atoms with Crippen molar-refractivity contribution in [3.8, 4) is 0 Å². The molecule has 0 aromatic heterocycles. The lowest BCUT2D eigenvalue weighted by molar-refractivity contribution is -0.137. The summed E-state index contributed by atoms with van der Waals surface area (Å²) in [4.78, 5) is 21.1. The molecule has 0 aromatic carbocycles. The monoisotopic (exact) mass is 214 g/mol. The Kier molecular flexibility index (Phi) is 8.43. The number of ether oxygens (including phenoxy) is 1. The largest absolute Gasteiger partial charge is 0.481 e. The Morgan fingerprint density at radius 1 is 1.27 bits per heavy atom. The second-order valence-electron chi connectivity index (χ2n) is 3.23. The molecule has 86 valence electrons. The summed E-state index contributed by atoms with van der Waals surface area (Å²) in [6.45, 7) is 2.52. The average Bonchev–Trinajstić information content (AvgIpc) is 2.17. The molecule has 0 fully saturated rings. The highest BCUT2D eigenvalue weighted by molar-refractivity contribution is 5.82. The van der Waals surface area contributed by atoms with Crippen LogP contribution in [0.25, 0.3) is 0 Å². The van der Waals surface area contributed by atoms with Gasteiger partial charge in [0.1, 0.15) is 0 Å². The molecular weight excluding hydrogens is 196 g/mol. The Morgan fingerprint density at radius 3 is 2.60 bits per heavy atom. The number of aliphatic carboxylic acids is 1. The molecule has 4 nitrogen and oxygen atoms in total. The Balaban J connectivity index is 3.40. The van der Waals surface area contributed by atoms with Gasteiger partial charge in [-0.25, -0.2) is 4.79 Å². The van der Waals surface area contributed by atoms with E-state index in [2.05, 4.69) is 6.92 Å². The van der Waals surface area contributed by atoms with Crippen LogP contribution in [0.4, 0.5) is 0 Å². The molecule has 1 N–H and O–H groups in total. The standard InChI is InChI=1S/C11H18O4/c1-2-3-4-5-9-15-11(14)8-6-7-10(12)13/h6,8H,2-5,7,9H2,1H3,(H,12,13)/b8-6+. The zero-order valence-corrected chi connectivity index (χ0v) is 9.07. The molecule has 0 saturated carbocycles. The van der Waals surface area contributed by atoms with Crippen molar-refractivity contribution in [2.75, 3.05) is 6.61 Å². The third-order valence-corrected chi connectivity index (χ3v) is 1.79. The van der Waals surface area contributed by atoms with Crippen LogP contribution in [0.15, 0.2) is 12.2 Å². The van der Waals surface area contributed by atoms with Crippen molar-refractivity contribution in [2.45, 2.75) is 39.0 Å². The second-order valence-corrected chi connectivity index (χ2v) is 3.23. The smallest absolute Gasteiger partial charge is 0.330 e. The quantitative estimate of drug-likeness (QED) is 0.382. The van der Waals surface area contributed by atoms with Gasteiger partial charge in [0, 0.05) is 6.08 Å². The van der Waals surface area contributed by atoms with Gasteiger partial charge in [0.25, 0.3) is 0 Å². The summed E-state index contributed by atoms with van der Waals surface area (Å²) in [6, 6.07) is 0. The van der Waals surface area contributed by atoms with E-state index in [0.717, 1.165) is 31.8 Å². The molecule has 15 heavy (non-hydrogen) atoms. The summed E-state index contributed by atoms with van der Waals surface area (Å²) in [5, 5.41) is 8.30. The molecule has 0 aliphatic heterocycles. The first-order valence-corrected chi connectivity index (χ1v) is 5.22. The molecule has 0 saturated heterocycles. The average molecular weight is 214 g/mol. The maximum absolute atomic E-state index is 11.0. The minimum atomic E-state index is -0.956. The van der Waals surface area contributed by atoms with Crippen LogP contribution in [0.2, 0.25) is 0 Å². The SMILES string of the molecule is CCCCCCOC(=O)/C=C/CC(=O)O. The van der Waals surface area contributed by atoms with Crippen LogP contribution in [-0.4, -0.2) is 23.7 Å². The third kappa shape index (κ3) is 10.6. The van der Waals surface area contributed by atoms with Crippen molar-refractivity contribution in [2.24, 2.45) is 0 Å². The first-order valence-electron chi connectivity index (χ1n) is 5.22. The number of carbonyl (C=O) groups is 2. The summed E-state index contributed by atoms with van der Waals surface area (Å²) in [5.41, 5.74) is 0. The van der Waals surface area contributed by atoms with Crippen molar-refractivity contribution in [1.82, 2.24) is 0 Å². The fourth-order valence-corrected chi connectivity index (χ4v) is 1.01. The van der Waals surface area contributed by atoms with Gasteiger partial charge < -0.3 is 9.84 Å². The molecule has 0 aromatic rings. The van der Waals surface area contributed by atoms with Gasteiger partial charge >= 0.3 is 11.9 Å². The molecule has 0 atom stereocenters. The minimum absolute atomic E-state index is 0.148. The minimum Gasteiger partial charge on any atom is -0.481 e. The van der Waals surface area contributed by atoms with Crippen molar-refractivity contribution >= 4 is 11.9 Å². The molecule has 0 bridgehead atoms. The molecule has 0 radical (unpaired) electrons. The highest BCUT2D eigenvalue weighted by atomic mass is 16.5. The van der Waals surface area contributed by atoms with Gasteiger partial charge in [0.2, 0.25) is 0 Å². The summed E-state index contributed by atoms with van der Waals surface area (Å²) in [6.07, 6.45) is 6.52. The van der Waals surface area contributed by atoms with E-state index >= 15 is 0 Å². The first-order chi connectivity index (χ1) is 7.16. The second kappa shape index (κ2) is 9.24. The number of unbranched alkanes of at least 4 members (excludes halogenated alkanes) is 3. The Bertz CT molecular complexity index is 221. The van der Waals surface area contributed by atoms with Gasteiger partial charge in [0.05, 0.1) is 13.0 Å². The van der Waals surface area contributed by atoms with Gasteiger partial charge in [-0.05, 0) is 6.42 Å². The zero-order chi connectivity index (χ0) is 11.5. The number of carbonyl (C=O) groups excluding carboxylic acids is 1. The topological polar surface area (TPSA) is 63.6 Å². The van der Waals surface area contributed by atoms with Crippen LogP contribution in [-0.2, 0) is 14.3 Å². The van der Waals surface area contributed by atoms with E-state index in [9.17, 15) is 9.59 Å². The number of carboxylic acids is 1. The Hall–Kier alpha value is -1.32. The lowest BCUT2D eigenvalue weighted by Gasteiger charge is -2.00. The summed E-state index contributed by atoms with van der Waals surface area (Å²) >= 11 is 0. The van der Waals surface area contributed by atoms with Crippen molar-refractivity contribution in [1.29, 1.82) is 0 Å². The van der Waals surface area contributed by atoms with E-state index in [-0.39, 0.29) is 6.42 Å². The van der Waals surface area contributed by atoms with E-state index in [0.29, 0.717) is 6.61 Å². The highest BCUT2D eigenvalue weighted by Gasteiger charge is 1.97. The first kappa shape index (κ1) is 13.7. The molecule has 0 amide bonds. The lowest BCUT2D eigenvalue weighted by Crippen LogP contribution is -2.02. The fourth-order valence-electron chi connectivity index (χ4n) is 1.01. The van der Waals surface area contributed by atoms with Crippen molar-refractivity contribution in [3.05, 3.63) is 12.2 Å². The van der Waals surface area contributed by atoms with E-state index in [1.807, 2.05) is 0 Å². The summed E-state index contributed by atoms with van der Waals surface area (Å²) in [7, 11) is 0. The molecular formula is C11H18O4. The normalized spacial score (nSPS) is 10.5. The number of esters is 1. The summed E-state index contributed by atoms with van der Waals surface area (Å²) in [5.74, 6) is -1.42. The number of hydrogen-bond donors (Lipinski definition) is 1. The zero-order valence-electron chi connectivity index (χ0n) is 9.07. The van der Waals surface area contributed by atoms with Crippen LogP contribution in [0, 0.1) is 0 Å². The predicted octanol–water partition coefficient (Wildman–Crippen LogP) is 2.14. The van der Waals surface area contributed by atoms with E-state index in [1.165, 1.54) is 6.08 Å². The van der Waals surface area contributed by atoms with E-state index in [4.69, 9.17) is 9.84 Å². The highest BCUT2D eigenvalue weighted by Crippen LogP contribution is 1.99. The maximum Gasteiger partial charge on any atom is 0.330 e. The van der Waals surface area contributed by atoms with E-state index < -0.39 is 11.9 Å². The third-order valence-electron chi connectivity index (χ3n) is 1.79. The van der Waals surface area contributed by atoms with Crippen LogP contribution in [0.3, 0.4) is 0 Å². The number of hydrogen-bond acceptors (Lipinski definition) is 3. The van der Waals surface area contributed by atoms with Crippen LogP contribution in [0.1, 0.15) is 39.0 Å². The molecule has 0 rings (SSSR count). The maximum atomic E-state index is 11.0. The van der Waals surface area contributed by atoms with Gasteiger partial charge in [0.15, 0.2) is 0 Å². The van der Waals surface area contributed by atoms with E-state index in [1.54, 1.807) is 0 Å². The Labute approximate surface area is 89.9 Å². The molecule has 0 aliphatic rings. The molecule has 0 aliphatic carbocycles. The molecule has 0 heterocycles. The van der Waals surface area contributed by atoms with Crippen molar-refractivity contribution in [3.63, 3.8) is 0 Å². The van der Waals surface area contributed by atoms with Crippen molar-refractivity contribution < 1.29 is 19.4 Å². The van der Waals surface area contributed by atoms with Crippen LogP contribution in [0.5, 0.6) is 0 Å². The fraction of sp³-hybridized carbons (Fsp3) is 0.636. The molecule has 4 heteroatoms. The van der Waals surface area contributed by atoms with Crippen LogP contribution >= 0.6 is 0 Å². The number of rotatable bonds is 8. The van der Waals surface area contributed by atoms with Gasteiger partial charge in [-0.1, -0.05) is 32.3 Å². The lowest BCUT2D eigenvalue weighted by atomic mass is 10.2. The van der Waals surface area contributed by atoms with Gasteiger partial charge in [-0.15, -0.1) is 0 Å². The number of carboxylic acid groups (broad SMARTS) is 1. The molecule has 0 unspecified atom stereocenters. The van der Waals surface area contributed by atoms with Crippen LogP contribution < -0.4 is 0 Å². The summed E-state index contributed by atoms with van der Waals surface area (Å²) < 4.78 is 4.85. The Morgan fingerprint density at radius 2 is 2.00 bits per heavy atom. The van der Waals surface area contributed by atoms with Gasteiger partial charge in [-0.3, -0.25) is 4.79 Å². The molecule has 0 spiro atoms. The van der Waals surface area contributed by atoms with Gasteiger partial charge in [-0.2, -0.15) is 0 Å². The predicted molar refractivity (Wildman–Crippen MR) is 56.5 cm³/mol.